The van der Waals surface area contributed by atoms with Crippen molar-refractivity contribution in [2.24, 2.45) is 5.73 Å². The van der Waals surface area contributed by atoms with Crippen molar-refractivity contribution in [1.82, 2.24) is 9.80 Å². The molecule has 0 atom stereocenters. The smallest absolute Gasteiger partial charge is 0.236 e. The fraction of sp³-hybridized carbons (Fsp3) is 0.462. The molecule has 2 rings (SSSR count). The average Bonchev–Trinajstić information content (AvgIpc) is 2.39. The van der Waals surface area contributed by atoms with Gasteiger partial charge in [0, 0.05) is 32.7 Å². The van der Waals surface area contributed by atoms with Gasteiger partial charge in [-0.3, -0.25) is 9.69 Å². The van der Waals surface area contributed by atoms with E-state index in [0.29, 0.717) is 5.75 Å². The van der Waals surface area contributed by atoms with E-state index in [0.717, 1.165) is 38.3 Å². The highest BCUT2D eigenvalue weighted by atomic mass is 16.3. The Kier molecular flexibility index (Phi) is 4.17. The summed E-state index contributed by atoms with van der Waals surface area (Å²) in [5.41, 5.74) is 6.44. The second-order valence-electron chi connectivity index (χ2n) is 4.53. The third kappa shape index (κ3) is 3.21. The van der Waals surface area contributed by atoms with E-state index in [-0.39, 0.29) is 12.5 Å². The molecule has 5 heteroatoms. The maximum absolute atomic E-state index is 11.4. The summed E-state index contributed by atoms with van der Waals surface area (Å²) in [5, 5.41) is 9.40. The van der Waals surface area contributed by atoms with Crippen molar-refractivity contribution in [3.8, 4) is 5.75 Å². The second-order valence-corrected chi connectivity index (χ2v) is 4.53. The highest BCUT2D eigenvalue weighted by Crippen LogP contribution is 2.14. The van der Waals surface area contributed by atoms with Gasteiger partial charge in [-0.25, -0.2) is 0 Å². The van der Waals surface area contributed by atoms with Gasteiger partial charge in [-0.15, -0.1) is 0 Å². The fourth-order valence-electron chi connectivity index (χ4n) is 2.20. The van der Waals surface area contributed by atoms with Crippen LogP contribution in [0.5, 0.6) is 5.75 Å². The fourth-order valence-corrected chi connectivity index (χ4v) is 2.20. The second kappa shape index (κ2) is 5.84. The van der Waals surface area contributed by atoms with Crippen LogP contribution >= 0.6 is 0 Å². The SMILES string of the molecule is NCC(=O)N1CCN(Cc2cccc(O)c2)CC1. The summed E-state index contributed by atoms with van der Waals surface area (Å²) in [6.07, 6.45) is 0. The normalized spacial score (nSPS) is 16.8. The van der Waals surface area contributed by atoms with Crippen LogP contribution in [0.3, 0.4) is 0 Å². The topological polar surface area (TPSA) is 69.8 Å². The molecule has 1 aliphatic heterocycles. The summed E-state index contributed by atoms with van der Waals surface area (Å²) in [6.45, 7) is 4.05. The van der Waals surface area contributed by atoms with Crippen LogP contribution in [0.4, 0.5) is 0 Å². The van der Waals surface area contributed by atoms with Crippen molar-refractivity contribution in [2.45, 2.75) is 6.54 Å². The Labute approximate surface area is 107 Å². The molecule has 1 aromatic rings. The highest BCUT2D eigenvalue weighted by Gasteiger charge is 2.19. The van der Waals surface area contributed by atoms with Crippen LogP contribution in [-0.4, -0.2) is 53.5 Å². The van der Waals surface area contributed by atoms with E-state index in [1.54, 1.807) is 17.0 Å². The predicted octanol–water partition coefficient (Wildman–Crippen LogP) is -0.00490. The zero-order valence-electron chi connectivity index (χ0n) is 10.4. The molecule has 0 aliphatic carbocycles. The van der Waals surface area contributed by atoms with Gasteiger partial charge in [-0.1, -0.05) is 12.1 Å². The van der Waals surface area contributed by atoms with E-state index in [1.807, 2.05) is 12.1 Å². The Bertz CT molecular complexity index is 414. The van der Waals surface area contributed by atoms with E-state index in [1.165, 1.54) is 0 Å². The summed E-state index contributed by atoms with van der Waals surface area (Å²) < 4.78 is 0. The van der Waals surface area contributed by atoms with E-state index in [2.05, 4.69) is 4.90 Å². The minimum atomic E-state index is 0.0204. The van der Waals surface area contributed by atoms with Crippen molar-refractivity contribution < 1.29 is 9.90 Å². The lowest BCUT2D eigenvalue weighted by atomic mass is 10.2. The number of benzene rings is 1. The van der Waals surface area contributed by atoms with Crippen LogP contribution in [0.25, 0.3) is 0 Å². The zero-order chi connectivity index (χ0) is 13.0. The molecular weight excluding hydrogens is 230 g/mol. The molecule has 3 N–H and O–H groups in total. The molecule has 1 amide bonds. The number of carbonyl (C=O) groups is 1. The minimum absolute atomic E-state index is 0.0204. The number of carbonyl (C=O) groups excluding carboxylic acids is 1. The highest BCUT2D eigenvalue weighted by molar-refractivity contribution is 5.78. The molecule has 1 aliphatic rings. The first kappa shape index (κ1) is 12.9. The van der Waals surface area contributed by atoms with Crippen LogP contribution in [0.1, 0.15) is 5.56 Å². The number of aromatic hydroxyl groups is 1. The van der Waals surface area contributed by atoms with Crippen LogP contribution in [0.2, 0.25) is 0 Å². The molecule has 0 spiro atoms. The van der Waals surface area contributed by atoms with Crippen molar-refractivity contribution in [2.75, 3.05) is 32.7 Å². The Morgan fingerprint density at radius 1 is 1.28 bits per heavy atom. The molecule has 0 saturated carbocycles. The molecule has 0 bridgehead atoms. The van der Waals surface area contributed by atoms with E-state index in [4.69, 9.17) is 5.73 Å². The molecule has 1 heterocycles. The molecule has 98 valence electrons. The van der Waals surface area contributed by atoms with Gasteiger partial charge in [0.25, 0.3) is 0 Å². The quantitative estimate of drug-likeness (QED) is 0.791. The zero-order valence-corrected chi connectivity index (χ0v) is 10.4. The maximum atomic E-state index is 11.4. The number of nitrogens with zero attached hydrogens (tertiary/aromatic N) is 2. The lowest BCUT2D eigenvalue weighted by Crippen LogP contribution is -2.49. The third-order valence-electron chi connectivity index (χ3n) is 3.22. The van der Waals surface area contributed by atoms with Crippen molar-refractivity contribution in [3.63, 3.8) is 0 Å². The summed E-state index contributed by atoms with van der Waals surface area (Å²) in [4.78, 5) is 15.5. The van der Waals surface area contributed by atoms with Crippen LogP contribution in [0, 0.1) is 0 Å². The summed E-state index contributed by atoms with van der Waals surface area (Å²) in [6, 6.07) is 7.29. The summed E-state index contributed by atoms with van der Waals surface area (Å²) >= 11 is 0. The molecule has 0 aromatic heterocycles. The monoisotopic (exact) mass is 249 g/mol. The lowest BCUT2D eigenvalue weighted by Gasteiger charge is -2.34. The van der Waals surface area contributed by atoms with E-state index >= 15 is 0 Å². The van der Waals surface area contributed by atoms with E-state index in [9.17, 15) is 9.90 Å². The standard InChI is InChI=1S/C13H19N3O2/c14-9-13(18)16-6-4-15(5-7-16)10-11-2-1-3-12(17)8-11/h1-3,8,17H,4-7,9-10,14H2. The van der Waals surface area contributed by atoms with Gasteiger partial charge >= 0.3 is 0 Å². The molecule has 1 aromatic carbocycles. The van der Waals surface area contributed by atoms with Crippen LogP contribution in [0.15, 0.2) is 24.3 Å². The van der Waals surface area contributed by atoms with Gasteiger partial charge < -0.3 is 15.7 Å². The van der Waals surface area contributed by atoms with Crippen LogP contribution < -0.4 is 5.73 Å². The van der Waals surface area contributed by atoms with Crippen LogP contribution in [-0.2, 0) is 11.3 Å². The third-order valence-corrected chi connectivity index (χ3v) is 3.22. The summed E-state index contributed by atoms with van der Waals surface area (Å²) in [5.74, 6) is 0.316. The van der Waals surface area contributed by atoms with Gasteiger partial charge in [0.2, 0.25) is 5.91 Å². The Morgan fingerprint density at radius 3 is 2.61 bits per heavy atom. The largest absolute Gasteiger partial charge is 0.508 e. The molecule has 0 radical (unpaired) electrons. The van der Waals surface area contributed by atoms with Crippen molar-refractivity contribution in [1.29, 1.82) is 0 Å². The van der Waals surface area contributed by atoms with Gasteiger partial charge in [0.05, 0.1) is 6.54 Å². The van der Waals surface area contributed by atoms with Gasteiger partial charge in [0.15, 0.2) is 0 Å². The number of amides is 1. The number of hydrogen-bond donors (Lipinski definition) is 2. The van der Waals surface area contributed by atoms with E-state index < -0.39 is 0 Å². The van der Waals surface area contributed by atoms with Crippen molar-refractivity contribution >= 4 is 5.91 Å². The number of phenolic OH excluding ortho intramolecular Hbond substituents is 1. The first-order valence-corrected chi connectivity index (χ1v) is 6.17. The number of nitrogens with two attached hydrogens (primary N) is 1. The number of hydrogen-bond acceptors (Lipinski definition) is 4. The van der Waals surface area contributed by atoms with Gasteiger partial charge in [-0.05, 0) is 17.7 Å². The Balaban J connectivity index is 1.85. The number of piperazine rings is 1. The number of rotatable bonds is 3. The number of phenols is 1. The minimum Gasteiger partial charge on any atom is -0.508 e. The van der Waals surface area contributed by atoms with Crippen molar-refractivity contribution in [3.05, 3.63) is 29.8 Å². The molecule has 0 unspecified atom stereocenters. The predicted molar refractivity (Wildman–Crippen MR) is 69.0 cm³/mol. The first-order chi connectivity index (χ1) is 8.69. The summed E-state index contributed by atoms with van der Waals surface area (Å²) in [7, 11) is 0. The molecule has 1 saturated heterocycles. The molecule has 5 nitrogen and oxygen atoms in total. The van der Waals surface area contributed by atoms with Gasteiger partial charge in [-0.2, -0.15) is 0 Å². The lowest BCUT2D eigenvalue weighted by molar-refractivity contribution is -0.131. The Hall–Kier alpha value is -1.59. The average molecular weight is 249 g/mol. The molecule has 18 heavy (non-hydrogen) atoms. The first-order valence-electron chi connectivity index (χ1n) is 6.17. The van der Waals surface area contributed by atoms with Gasteiger partial charge in [0.1, 0.15) is 5.75 Å². The molecule has 1 fully saturated rings. The Morgan fingerprint density at radius 2 is 2.00 bits per heavy atom. The maximum Gasteiger partial charge on any atom is 0.236 e. The molecular formula is C13H19N3O2.